The van der Waals surface area contributed by atoms with Crippen LogP contribution in [0.4, 0.5) is 5.82 Å². The molecule has 1 unspecified atom stereocenters. The standard InChI is InChI=1S/C20H22N4OS/c1-3-17(25)24-10-9-15(11-24)23-19-18-16(14-7-5-4-6-8-14)12-26-20(18)22-13(2)21-19/h4-8,12,15H,3,9-11H2,1-2H3,(H,21,22,23). The summed E-state index contributed by atoms with van der Waals surface area (Å²) in [5.74, 6) is 1.86. The quantitative estimate of drug-likeness (QED) is 0.755. The first-order valence-electron chi connectivity index (χ1n) is 9.01. The van der Waals surface area contributed by atoms with Gasteiger partial charge in [0.2, 0.25) is 5.91 Å². The molecule has 0 radical (unpaired) electrons. The van der Waals surface area contributed by atoms with Crippen molar-refractivity contribution in [1.29, 1.82) is 0 Å². The molecule has 1 fully saturated rings. The van der Waals surface area contributed by atoms with Crippen molar-refractivity contribution in [3.63, 3.8) is 0 Å². The van der Waals surface area contributed by atoms with E-state index in [0.29, 0.717) is 6.42 Å². The van der Waals surface area contributed by atoms with Crippen LogP contribution in [0.1, 0.15) is 25.6 Å². The number of nitrogens with zero attached hydrogens (tertiary/aromatic N) is 3. The number of fused-ring (bicyclic) bond motifs is 1. The zero-order chi connectivity index (χ0) is 18.1. The summed E-state index contributed by atoms with van der Waals surface area (Å²) in [4.78, 5) is 24.2. The molecule has 0 saturated carbocycles. The van der Waals surface area contributed by atoms with Gasteiger partial charge in [-0.1, -0.05) is 37.3 Å². The smallest absolute Gasteiger partial charge is 0.222 e. The molecule has 2 aromatic heterocycles. The number of nitrogens with one attached hydrogen (secondary N) is 1. The van der Waals surface area contributed by atoms with Gasteiger partial charge in [0, 0.05) is 36.5 Å². The van der Waals surface area contributed by atoms with Crippen LogP contribution in [0.15, 0.2) is 35.7 Å². The summed E-state index contributed by atoms with van der Waals surface area (Å²) in [5.41, 5.74) is 2.33. The number of benzene rings is 1. The molecule has 1 atom stereocenters. The van der Waals surface area contributed by atoms with E-state index in [1.54, 1.807) is 11.3 Å². The van der Waals surface area contributed by atoms with Gasteiger partial charge in [-0.2, -0.15) is 0 Å². The number of anilines is 1. The molecule has 134 valence electrons. The average Bonchev–Trinajstić information content (AvgIpc) is 3.29. The topological polar surface area (TPSA) is 58.1 Å². The van der Waals surface area contributed by atoms with Gasteiger partial charge < -0.3 is 10.2 Å². The van der Waals surface area contributed by atoms with Crippen LogP contribution in [-0.4, -0.2) is 39.9 Å². The first kappa shape index (κ1) is 17.0. The lowest BCUT2D eigenvalue weighted by Gasteiger charge is -2.17. The number of thiophene rings is 1. The Bertz CT molecular complexity index is 938. The van der Waals surface area contributed by atoms with Crippen LogP contribution in [-0.2, 0) is 4.79 Å². The predicted molar refractivity (Wildman–Crippen MR) is 106 cm³/mol. The molecule has 6 heteroatoms. The molecule has 1 aliphatic rings. The summed E-state index contributed by atoms with van der Waals surface area (Å²) < 4.78 is 0. The van der Waals surface area contributed by atoms with Crippen LogP contribution in [0.3, 0.4) is 0 Å². The Morgan fingerprint density at radius 1 is 1.31 bits per heavy atom. The molecule has 3 aromatic rings. The van der Waals surface area contributed by atoms with Crippen molar-refractivity contribution in [3.05, 3.63) is 41.5 Å². The number of likely N-dealkylation sites (tertiary alicyclic amines) is 1. The number of aryl methyl sites for hydroxylation is 1. The highest BCUT2D eigenvalue weighted by molar-refractivity contribution is 7.17. The van der Waals surface area contributed by atoms with Gasteiger partial charge in [-0.05, 0) is 18.9 Å². The summed E-state index contributed by atoms with van der Waals surface area (Å²) in [6.45, 7) is 5.39. The Balaban J connectivity index is 1.69. The summed E-state index contributed by atoms with van der Waals surface area (Å²) >= 11 is 1.65. The summed E-state index contributed by atoms with van der Waals surface area (Å²) in [5, 5.41) is 6.82. The molecule has 0 aliphatic carbocycles. The number of hydrogen-bond acceptors (Lipinski definition) is 5. The van der Waals surface area contributed by atoms with Crippen LogP contribution in [0, 0.1) is 6.92 Å². The van der Waals surface area contributed by atoms with E-state index in [2.05, 4.69) is 27.8 Å². The van der Waals surface area contributed by atoms with Gasteiger partial charge in [0.15, 0.2) is 0 Å². The highest BCUT2D eigenvalue weighted by Gasteiger charge is 2.26. The first-order valence-corrected chi connectivity index (χ1v) is 9.89. The number of aromatic nitrogens is 2. The fourth-order valence-electron chi connectivity index (χ4n) is 3.50. The van der Waals surface area contributed by atoms with Crippen molar-refractivity contribution >= 4 is 33.3 Å². The average molecular weight is 366 g/mol. The van der Waals surface area contributed by atoms with E-state index in [1.165, 1.54) is 5.56 Å². The van der Waals surface area contributed by atoms with Crippen LogP contribution in [0.5, 0.6) is 0 Å². The van der Waals surface area contributed by atoms with E-state index >= 15 is 0 Å². The van der Waals surface area contributed by atoms with E-state index in [9.17, 15) is 4.79 Å². The van der Waals surface area contributed by atoms with Crippen molar-refractivity contribution < 1.29 is 4.79 Å². The largest absolute Gasteiger partial charge is 0.365 e. The molecule has 1 amide bonds. The van der Waals surface area contributed by atoms with Gasteiger partial charge >= 0.3 is 0 Å². The lowest BCUT2D eigenvalue weighted by atomic mass is 10.1. The van der Waals surface area contributed by atoms with Gasteiger partial charge in [0.1, 0.15) is 16.5 Å². The molecule has 1 N–H and O–H groups in total. The van der Waals surface area contributed by atoms with Crippen molar-refractivity contribution in [1.82, 2.24) is 14.9 Å². The number of rotatable bonds is 4. The van der Waals surface area contributed by atoms with Crippen molar-refractivity contribution in [2.75, 3.05) is 18.4 Å². The normalized spacial score (nSPS) is 17.0. The lowest BCUT2D eigenvalue weighted by molar-refractivity contribution is -0.129. The molecular formula is C20H22N4OS. The predicted octanol–water partition coefficient (Wildman–Crippen LogP) is 4.09. The molecule has 0 bridgehead atoms. The maximum Gasteiger partial charge on any atom is 0.222 e. The number of carbonyl (C=O) groups excluding carboxylic acids is 1. The lowest BCUT2D eigenvalue weighted by Crippen LogP contribution is -2.31. The highest BCUT2D eigenvalue weighted by Crippen LogP contribution is 2.37. The third-order valence-corrected chi connectivity index (χ3v) is 5.69. The molecular weight excluding hydrogens is 344 g/mol. The molecule has 4 rings (SSSR count). The zero-order valence-electron chi connectivity index (χ0n) is 15.0. The summed E-state index contributed by atoms with van der Waals surface area (Å²) in [7, 11) is 0. The molecule has 1 aliphatic heterocycles. The third-order valence-electron chi connectivity index (χ3n) is 4.81. The number of hydrogen-bond donors (Lipinski definition) is 1. The molecule has 5 nitrogen and oxygen atoms in total. The Morgan fingerprint density at radius 2 is 2.12 bits per heavy atom. The van der Waals surface area contributed by atoms with E-state index in [4.69, 9.17) is 4.98 Å². The van der Waals surface area contributed by atoms with Crippen molar-refractivity contribution in [2.45, 2.75) is 32.7 Å². The fraction of sp³-hybridized carbons (Fsp3) is 0.350. The molecule has 0 spiro atoms. The maximum atomic E-state index is 12.0. The second-order valence-electron chi connectivity index (χ2n) is 6.64. The monoisotopic (exact) mass is 366 g/mol. The summed E-state index contributed by atoms with van der Waals surface area (Å²) in [6.07, 6.45) is 1.51. The maximum absolute atomic E-state index is 12.0. The fourth-order valence-corrected chi connectivity index (χ4v) is 4.50. The second kappa shape index (κ2) is 7.03. The Hall–Kier alpha value is -2.47. The van der Waals surface area contributed by atoms with Crippen molar-refractivity contribution in [3.8, 4) is 11.1 Å². The second-order valence-corrected chi connectivity index (χ2v) is 7.50. The highest BCUT2D eigenvalue weighted by atomic mass is 32.1. The number of carbonyl (C=O) groups is 1. The van der Waals surface area contributed by atoms with Crippen molar-refractivity contribution in [2.24, 2.45) is 0 Å². The first-order chi connectivity index (χ1) is 12.7. The minimum Gasteiger partial charge on any atom is -0.365 e. The van der Waals surface area contributed by atoms with Crippen LogP contribution in [0.25, 0.3) is 21.3 Å². The molecule has 1 aromatic carbocycles. The van der Waals surface area contributed by atoms with Crippen LogP contribution < -0.4 is 5.32 Å². The summed E-state index contributed by atoms with van der Waals surface area (Å²) in [6, 6.07) is 10.6. The van der Waals surface area contributed by atoms with Crippen LogP contribution >= 0.6 is 11.3 Å². The Labute approximate surface area is 157 Å². The molecule has 1 saturated heterocycles. The Kier molecular flexibility index (Phi) is 4.59. The van der Waals surface area contributed by atoms with E-state index in [1.807, 2.05) is 36.9 Å². The van der Waals surface area contributed by atoms with Crippen LogP contribution in [0.2, 0.25) is 0 Å². The van der Waals surface area contributed by atoms with Gasteiger partial charge in [0.25, 0.3) is 0 Å². The number of amides is 1. The van der Waals surface area contributed by atoms with Gasteiger partial charge in [-0.25, -0.2) is 9.97 Å². The van der Waals surface area contributed by atoms with E-state index in [-0.39, 0.29) is 11.9 Å². The van der Waals surface area contributed by atoms with Gasteiger partial charge in [-0.15, -0.1) is 11.3 Å². The third kappa shape index (κ3) is 3.17. The SMILES string of the molecule is CCC(=O)N1CCC(Nc2nc(C)nc3scc(-c4ccccc4)c23)C1. The Morgan fingerprint density at radius 3 is 2.88 bits per heavy atom. The van der Waals surface area contributed by atoms with E-state index in [0.717, 1.165) is 46.9 Å². The van der Waals surface area contributed by atoms with E-state index < -0.39 is 0 Å². The zero-order valence-corrected chi connectivity index (χ0v) is 15.8. The van der Waals surface area contributed by atoms with Gasteiger partial charge in [0.05, 0.1) is 5.39 Å². The van der Waals surface area contributed by atoms with Gasteiger partial charge in [-0.3, -0.25) is 4.79 Å². The molecule has 3 heterocycles. The minimum atomic E-state index is 0.221. The molecule has 26 heavy (non-hydrogen) atoms. The minimum absolute atomic E-state index is 0.221.